The molecule has 0 radical (unpaired) electrons. The Morgan fingerprint density at radius 3 is 2.83 bits per heavy atom. The number of hydrogen-bond acceptors (Lipinski definition) is 4. The Morgan fingerprint density at radius 2 is 2.00 bits per heavy atom. The number of benzene rings is 1. The number of aromatic nitrogens is 1. The highest BCUT2D eigenvalue weighted by molar-refractivity contribution is 5.81. The van der Waals surface area contributed by atoms with Gasteiger partial charge in [-0.05, 0) is 12.1 Å². The van der Waals surface area contributed by atoms with Crippen LogP contribution in [0.1, 0.15) is 5.56 Å². The molecule has 1 saturated heterocycles. The second-order valence-corrected chi connectivity index (χ2v) is 4.61. The Bertz CT molecular complexity index is 550. The summed E-state index contributed by atoms with van der Waals surface area (Å²) in [7, 11) is 0. The first-order valence-corrected chi connectivity index (χ1v) is 6.27. The molecule has 0 bridgehead atoms. The number of nitrogens with two attached hydrogens (primary N) is 1. The van der Waals surface area contributed by atoms with E-state index in [9.17, 15) is 0 Å². The van der Waals surface area contributed by atoms with Crippen LogP contribution in [0.2, 0.25) is 0 Å². The monoisotopic (exact) mass is 243 g/mol. The van der Waals surface area contributed by atoms with Gasteiger partial charge in [0.1, 0.15) is 5.82 Å². The van der Waals surface area contributed by atoms with Crippen LogP contribution in [0.15, 0.2) is 30.3 Å². The Morgan fingerprint density at radius 1 is 1.22 bits per heavy atom. The summed E-state index contributed by atoms with van der Waals surface area (Å²) >= 11 is 0. The molecule has 1 aromatic heterocycles. The van der Waals surface area contributed by atoms with Gasteiger partial charge in [0.25, 0.3) is 0 Å². The number of anilines is 1. The summed E-state index contributed by atoms with van der Waals surface area (Å²) in [6.07, 6.45) is 0. The molecule has 0 spiro atoms. The SMILES string of the molecule is Nc1nc2ccccc2cc1CN1CCOCC1. The fourth-order valence-electron chi connectivity index (χ4n) is 2.30. The lowest BCUT2D eigenvalue weighted by Crippen LogP contribution is -2.35. The maximum atomic E-state index is 6.03. The third kappa shape index (κ3) is 2.30. The van der Waals surface area contributed by atoms with Gasteiger partial charge in [-0.15, -0.1) is 0 Å². The molecular formula is C14H17N3O. The number of rotatable bonds is 2. The first-order chi connectivity index (χ1) is 8.83. The first-order valence-electron chi connectivity index (χ1n) is 6.27. The van der Waals surface area contributed by atoms with Crippen LogP contribution in [0, 0.1) is 0 Å². The largest absolute Gasteiger partial charge is 0.383 e. The number of nitrogen functional groups attached to an aromatic ring is 1. The molecule has 2 aromatic rings. The van der Waals surface area contributed by atoms with Gasteiger partial charge in [-0.3, -0.25) is 4.90 Å². The Balaban J connectivity index is 1.88. The molecule has 1 aliphatic heterocycles. The topological polar surface area (TPSA) is 51.4 Å². The molecule has 4 nitrogen and oxygen atoms in total. The van der Waals surface area contributed by atoms with Crippen molar-refractivity contribution in [1.82, 2.24) is 9.88 Å². The van der Waals surface area contributed by atoms with Gasteiger partial charge in [0, 0.05) is 30.6 Å². The second-order valence-electron chi connectivity index (χ2n) is 4.61. The minimum atomic E-state index is 0.639. The number of ether oxygens (including phenoxy) is 1. The molecule has 2 heterocycles. The summed E-state index contributed by atoms with van der Waals surface area (Å²) in [5, 5.41) is 1.15. The van der Waals surface area contributed by atoms with Crippen molar-refractivity contribution >= 4 is 16.7 Å². The average Bonchev–Trinajstić information content (AvgIpc) is 2.41. The quantitative estimate of drug-likeness (QED) is 0.871. The molecule has 1 aliphatic rings. The maximum Gasteiger partial charge on any atom is 0.128 e. The number of hydrogen-bond donors (Lipinski definition) is 1. The molecule has 1 aromatic carbocycles. The number of nitrogens with zero attached hydrogens (tertiary/aromatic N) is 2. The predicted molar refractivity (Wildman–Crippen MR) is 72.3 cm³/mol. The molecule has 3 rings (SSSR count). The van der Waals surface area contributed by atoms with Crippen molar-refractivity contribution in [1.29, 1.82) is 0 Å². The Kier molecular flexibility index (Phi) is 3.13. The van der Waals surface area contributed by atoms with Crippen LogP contribution in [0.3, 0.4) is 0 Å². The van der Waals surface area contributed by atoms with Crippen molar-refractivity contribution < 1.29 is 4.74 Å². The van der Waals surface area contributed by atoms with Crippen LogP contribution in [0.5, 0.6) is 0 Å². The van der Waals surface area contributed by atoms with Crippen LogP contribution in [-0.2, 0) is 11.3 Å². The molecule has 0 amide bonds. The van der Waals surface area contributed by atoms with Crippen LogP contribution < -0.4 is 5.73 Å². The van der Waals surface area contributed by atoms with Gasteiger partial charge in [0.05, 0.1) is 18.7 Å². The molecule has 18 heavy (non-hydrogen) atoms. The van der Waals surface area contributed by atoms with Crippen LogP contribution in [0.25, 0.3) is 10.9 Å². The van der Waals surface area contributed by atoms with E-state index in [4.69, 9.17) is 10.5 Å². The van der Waals surface area contributed by atoms with Gasteiger partial charge < -0.3 is 10.5 Å². The highest BCUT2D eigenvalue weighted by atomic mass is 16.5. The van der Waals surface area contributed by atoms with E-state index in [2.05, 4.69) is 22.0 Å². The number of pyridine rings is 1. The second kappa shape index (κ2) is 4.92. The molecule has 1 fully saturated rings. The highest BCUT2D eigenvalue weighted by Crippen LogP contribution is 2.20. The summed E-state index contributed by atoms with van der Waals surface area (Å²) in [6.45, 7) is 4.40. The summed E-state index contributed by atoms with van der Waals surface area (Å²) in [5.74, 6) is 0.639. The van der Waals surface area contributed by atoms with Crippen molar-refractivity contribution in [2.45, 2.75) is 6.54 Å². The lowest BCUT2D eigenvalue weighted by molar-refractivity contribution is 0.0342. The fraction of sp³-hybridized carbons (Fsp3) is 0.357. The van der Waals surface area contributed by atoms with Crippen molar-refractivity contribution in [2.24, 2.45) is 0 Å². The zero-order valence-corrected chi connectivity index (χ0v) is 10.3. The van der Waals surface area contributed by atoms with Crippen molar-refractivity contribution in [2.75, 3.05) is 32.0 Å². The van der Waals surface area contributed by atoms with Gasteiger partial charge in [0.15, 0.2) is 0 Å². The van der Waals surface area contributed by atoms with Gasteiger partial charge >= 0.3 is 0 Å². The molecule has 94 valence electrons. The van der Waals surface area contributed by atoms with E-state index in [1.165, 1.54) is 0 Å². The van der Waals surface area contributed by atoms with Gasteiger partial charge in [0.2, 0.25) is 0 Å². The Labute approximate surface area is 106 Å². The average molecular weight is 243 g/mol. The van der Waals surface area contributed by atoms with Crippen molar-refractivity contribution in [3.05, 3.63) is 35.9 Å². The minimum Gasteiger partial charge on any atom is -0.383 e. The van der Waals surface area contributed by atoms with Crippen LogP contribution in [-0.4, -0.2) is 36.2 Å². The zero-order valence-electron chi connectivity index (χ0n) is 10.3. The molecule has 0 atom stereocenters. The molecule has 0 aliphatic carbocycles. The van der Waals surface area contributed by atoms with Gasteiger partial charge in [-0.1, -0.05) is 18.2 Å². The highest BCUT2D eigenvalue weighted by Gasteiger charge is 2.13. The lowest BCUT2D eigenvalue weighted by atomic mass is 10.1. The van der Waals surface area contributed by atoms with Gasteiger partial charge in [-0.2, -0.15) is 0 Å². The third-order valence-corrected chi connectivity index (χ3v) is 3.33. The van der Waals surface area contributed by atoms with E-state index in [1.54, 1.807) is 0 Å². The summed E-state index contributed by atoms with van der Waals surface area (Å²) < 4.78 is 5.35. The molecule has 2 N–H and O–H groups in total. The van der Waals surface area contributed by atoms with Crippen LogP contribution >= 0.6 is 0 Å². The van der Waals surface area contributed by atoms with Crippen molar-refractivity contribution in [3.8, 4) is 0 Å². The van der Waals surface area contributed by atoms with E-state index < -0.39 is 0 Å². The minimum absolute atomic E-state index is 0.639. The van der Waals surface area contributed by atoms with E-state index in [-0.39, 0.29) is 0 Å². The summed E-state index contributed by atoms with van der Waals surface area (Å²) in [6, 6.07) is 10.2. The van der Waals surface area contributed by atoms with E-state index >= 15 is 0 Å². The molecule has 0 unspecified atom stereocenters. The Hall–Kier alpha value is -1.65. The standard InChI is InChI=1S/C14H17N3O/c15-14-12(10-17-5-7-18-8-6-17)9-11-3-1-2-4-13(11)16-14/h1-4,9H,5-8,10H2,(H2,15,16). The van der Waals surface area contributed by atoms with Crippen LogP contribution in [0.4, 0.5) is 5.82 Å². The summed E-state index contributed by atoms with van der Waals surface area (Å²) in [5.41, 5.74) is 8.10. The van der Waals surface area contributed by atoms with E-state index in [0.29, 0.717) is 5.82 Å². The number of para-hydroxylation sites is 1. The molecule has 4 heteroatoms. The summed E-state index contributed by atoms with van der Waals surface area (Å²) in [4.78, 5) is 6.81. The zero-order chi connectivity index (χ0) is 12.4. The smallest absolute Gasteiger partial charge is 0.128 e. The van der Waals surface area contributed by atoms with E-state index in [1.807, 2.05) is 18.2 Å². The van der Waals surface area contributed by atoms with Gasteiger partial charge in [-0.25, -0.2) is 4.98 Å². The molecule has 0 saturated carbocycles. The third-order valence-electron chi connectivity index (χ3n) is 3.33. The first kappa shape index (κ1) is 11.4. The van der Waals surface area contributed by atoms with Crippen molar-refractivity contribution in [3.63, 3.8) is 0 Å². The lowest BCUT2D eigenvalue weighted by Gasteiger charge is -2.26. The number of fused-ring (bicyclic) bond motifs is 1. The normalized spacial score (nSPS) is 17.1. The number of morpholine rings is 1. The predicted octanol–water partition coefficient (Wildman–Crippen LogP) is 1.65. The maximum absolute atomic E-state index is 6.03. The van der Waals surface area contributed by atoms with E-state index in [0.717, 1.165) is 49.3 Å². The molecular weight excluding hydrogens is 226 g/mol. The fourth-order valence-corrected chi connectivity index (χ4v) is 2.30.